The Balaban J connectivity index is 2.31. The van der Waals surface area contributed by atoms with Gasteiger partial charge in [0.1, 0.15) is 5.84 Å². The van der Waals surface area contributed by atoms with Crippen LogP contribution < -0.4 is 16.4 Å². The molecule has 4 N–H and O–H groups in total. The highest BCUT2D eigenvalue weighted by Crippen LogP contribution is 2.29. The fourth-order valence-corrected chi connectivity index (χ4v) is 1.48. The Labute approximate surface area is 97.7 Å². The van der Waals surface area contributed by atoms with Crippen LogP contribution in [0.1, 0.15) is 0 Å². The summed E-state index contributed by atoms with van der Waals surface area (Å²) in [5.41, 5.74) is 7.78. The standard InChI is InChI=1S/C10H11ClN4O/c11-4-9(12)14-6-1-2-7-8(3-6)15-10(16)5-13-7/h1-3,13H,4-5H2,(H2,12,14)(H,15,16). The normalized spacial score (nSPS) is 15.1. The van der Waals surface area contributed by atoms with Crippen LogP contribution in [-0.2, 0) is 4.79 Å². The molecule has 0 fully saturated rings. The van der Waals surface area contributed by atoms with Gasteiger partial charge in [-0.05, 0) is 18.2 Å². The van der Waals surface area contributed by atoms with E-state index < -0.39 is 0 Å². The van der Waals surface area contributed by atoms with Gasteiger partial charge < -0.3 is 16.4 Å². The maximum atomic E-state index is 11.2. The average Bonchev–Trinajstić information content (AvgIpc) is 2.28. The van der Waals surface area contributed by atoms with Crippen LogP contribution in [0.15, 0.2) is 23.2 Å². The first-order valence-electron chi connectivity index (χ1n) is 4.76. The number of benzene rings is 1. The molecule has 1 aromatic rings. The van der Waals surface area contributed by atoms with E-state index in [1.807, 2.05) is 12.1 Å². The van der Waals surface area contributed by atoms with Crippen LogP contribution in [0.5, 0.6) is 0 Å². The quantitative estimate of drug-likeness (QED) is 0.413. The van der Waals surface area contributed by atoms with Crippen molar-refractivity contribution in [3.05, 3.63) is 18.2 Å². The summed E-state index contributed by atoms with van der Waals surface area (Å²) in [5.74, 6) is 0.456. The number of carbonyl (C=O) groups excluding carboxylic acids is 1. The number of anilines is 2. The fourth-order valence-electron chi connectivity index (χ4n) is 1.42. The SMILES string of the molecule is NC(CCl)=Nc1ccc2c(c1)NC(=O)CN2. The van der Waals surface area contributed by atoms with E-state index >= 15 is 0 Å². The molecular formula is C10H11ClN4O. The number of amides is 1. The van der Waals surface area contributed by atoms with Gasteiger partial charge in [-0.2, -0.15) is 0 Å². The second kappa shape index (κ2) is 4.40. The second-order valence-electron chi connectivity index (χ2n) is 3.37. The minimum absolute atomic E-state index is 0.0704. The summed E-state index contributed by atoms with van der Waals surface area (Å²) in [6.45, 7) is 0.291. The number of rotatable bonds is 2. The Morgan fingerprint density at radius 2 is 2.31 bits per heavy atom. The third-order valence-corrected chi connectivity index (χ3v) is 2.40. The summed E-state index contributed by atoms with van der Waals surface area (Å²) in [5, 5.41) is 5.74. The van der Waals surface area contributed by atoms with Crippen LogP contribution in [0.2, 0.25) is 0 Å². The van der Waals surface area contributed by atoms with E-state index in [0.29, 0.717) is 23.8 Å². The number of alkyl halides is 1. The molecule has 84 valence electrons. The van der Waals surface area contributed by atoms with E-state index in [0.717, 1.165) is 5.69 Å². The van der Waals surface area contributed by atoms with E-state index in [4.69, 9.17) is 17.3 Å². The van der Waals surface area contributed by atoms with E-state index in [-0.39, 0.29) is 11.8 Å². The number of hydrogen-bond acceptors (Lipinski definition) is 3. The molecular weight excluding hydrogens is 228 g/mol. The first kappa shape index (κ1) is 10.8. The summed E-state index contributed by atoms with van der Waals surface area (Å²) < 4.78 is 0. The predicted octanol–water partition coefficient (Wildman–Crippen LogP) is 1.28. The number of nitrogens with zero attached hydrogens (tertiary/aromatic N) is 1. The lowest BCUT2D eigenvalue weighted by Gasteiger charge is -2.18. The Morgan fingerprint density at radius 1 is 1.50 bits per heavy atom. The summed E-state index contributed by atoms with van der Waals surface area (Å²) in [4.78, 5) is 15.3. The molecule has 0 unspecified atom stereocenters. The van der Waals surface area contributed by atoms with Crippen LogP contribution >= 0.6 is 11.6 Å². The number of halogens is 1. The zero-order valence-corrected chi connectivity index (χ0v) is 9.21. The van der Waals surface area contributed by atoms with Gasteiger partial charge in [0.05, 0.1) is 29.5 Å². The predicted molar refractivity (Wildman–Crippen MR) is 65.6 cm³/mol. The molecule has 0 radical (unpaired) electrons. The lowest BCUT2D eigenvalue weighted by Crippen LogP contribution is -2.27. The lowest BCUT2D eigenvalue weighted by molar-refractivity contribution is -0.114. The van der Waals surface area contributed by atoms with Gasteiger partial charge in [0.25, 0.3) is 0 Å². The Kier molecular flexibility index (Phi) is 2.96. The van der Waals surface area contributed by atoms with Crippen molar-refractivity contribution < 1.29 is 4.79 Å². The van der Waals surface area contributed by atoms with Crippen molar-refractivity contribution in [2.45, 2.75) is 0 Å². The molecule has 1 aliphatic rings. The van der Waals surface area contributed by atoms with Crippen molar-refractivity contribution in [2.24, 2.45) is 10.7 Å². The van der Waals surface area contributed by atoms with Crippen LogP contribution in [0.3, 0.4) is 0 Å². The maximum absolute atomic E-state index is 11.2. The summed E-state index contributed by atoms with van der Waals surface area (Å²) in [7, 11) is 0. The fraction of sp³-hybridized carbons (Fsp3) is 0.200. The molecule has 0 saturated carbocycles. The Morgan fingerprint density at radius 3 is 3.06 bits per heavy atom. The van der Waals surface area contributed by atoms with Crippen LogP contribution in [-0.4, -0.2) is 24.2 Å². The van der Waals surface area contributed by atoms with Crippen LogP contribution in [0, 0.1) is 0 Å². The zero-order chi connectivity index (χ0) is 11.5. The molecule has 1 heterocycles. The number of nitrogens with two attached hydrogens (primary N) is 1. The number of fused-ring (bicyclic) bond motifs is 1. The van der Waals surface area contributed by atoms with Crippen molar-refractivity contribution in [3.63, 3.8) is 0 Å². The molecule has 16 heavy (non-hydrogen) atoms. The number of amidine groups is 1. The van der Waals surface area contributed by atoms with Gasteiger partial charge >= 0.3 is 0 Å². The Bertz CT molecular complexity index is 458. The first-order chi connectivity index (χ1) is 7.69. The van der Waals surface area contributed by atoms with Crippen LogP contribution in [0.4, 0.5) is 17.1 Å². The topological polar surface area (TPSA) is 79.5 Å². The highest BCUT2D eigenvalue weighted by atomic mass is 35.5. The largest absolute Gasteiger partial charge is 0.386 e. The lowest BCUT2D eigenvalue weighted by atomic mass is 10.2. The molecule has 0 aromatic heterocycles. The Hall–Kier alpha value is -1.75. The smallest absolute Gasteiger partial charge is 0.243 e. The minimum Gasteiger partial charge on any atom is -0.386 e. The summed E-state index contributed by atoms with van der Waals surface area (Å²) >= 11 is 5.53. The average molecular weight is 239 g/mol. The third kappa shape index (κ3) is 2.25. The summed E-state index contributed by atoms with van der Waals surface area (Å²) in [6.07, 6.45) is 0. The molecule has 0 aliphatic carbocycles. The number of hydrogen-bond donors (Lipinski definition) is 3. The van der Waals surface area contributed by atoms with Crippen molar-refractivity contribution >= 4 is 40.4 Å². The maximum Gasteiger partial charge on any atom is 0.243 e. The van der Waals surface area contributed by atoms with E-state index in [9.17, 15) is 4.79 Å². The van der Waals surface area contributed by atoms with Crippen LogP contribution in [0.25, 0.3) is 0 Å². The molecule has 0 saturated heterocycles. The molecule has 0 atom stereocenters. The van der Waals surface area contributed by atoms with Gasteiger partial charge in [0.2, 0.25) is 5.91 Å². The van der Waals surface area contributed by atoms with Gasteiger partial charge in [0, 0.05) is 0 Å². The number of nitrogens with one attached hydrogen (secondary N) is 2. The molecule has 2 rings (SSSR count). The number of aliphatic imine (C=N–C) groups is 1. The van der Waals surface area contributed by atoms with E-state index in [2.05, 4.69) is 15.6 Å². The van der Waals surface area contributed by atoms with Gasteiger partial charge in [0.15, 0.2) is 0 Å². The minimum atomic E-state index is -0.0704. The highest BCUT2D eigenvalue weighted by Gasteiger charge is 2.13. The first-order valence-corrected chi connectivity index (χ1v) is 5.29. The van der Waals surface area contributed by atoms with E-state index in [1.54, 1.807) is 6.07 Å². The molecule has 0 spiro atoms. The van der Waals surface area contributed by atoms with Crippen molar-refractivity contribution in [1.29, 1.82) is 0 Å². The van der Waals surface area contributed by atoms with Gasteiger partial charge in [-0.15, -0.1) is 11.6 Å². The van der Waals surface area contributed by atoms with E-state index in [1.165, 1.54) is 0 Å². The molecule has 5 nitrogen and oxygen atoms in total. The molecule has 1 aromatic carbocycles. The summed E-state index contributed by atoms with van der Waals surface area (Å²) in [6, 6.07) is 5.40. The molecule has 1 aliphatic heterocycles. The highest BCUT2D eigenvalue weighted by molar-refractivity contribution is 6.28. The molecule has 0 bridgehead atoms. The molecule has 6 heteroatoms. The van der Waals surface area contributed by atoms with Gasteiger partial charge in [-0.3, -0.25) is 4.79 Å². The van der Waals surface area contributed by atoms with Crippen molar-refractivity contribution in [2.75, 3.05) is 23.1 Å². The van der Waals surface area contributed by atoms with Gasteiger partial charge in [-0.25, -0.2) is 4.99 Å². The van der Waals surface area contributed by atoms with Crippen molar-refractivity contribution in [1.82, 2.24) is 0 Å². The zero-order valence-electron chi connectivity index (χ0n) is 8.46. The second-order valence-corrected chi connectivity index (χ2v) is 3.64. The monoisotopic (exact) mass is 238 g/mol. The van der Waals surface area contributed by atoms with Crippen molar-refractivity contribution in [3.8, 4) is 0 Å². The number of carbonyl (C=O) groups is 1. The molecule has 1 amide bonds. The third-order valence-electron chi connectivity index (χ3n) is 2.13. The van der Waals surface area contributed by atoms with Gasteiger partial charge in [-0.1, -0.05) is 0 Å².